The summed E-state index contributed by atoms with van der Waals surface area (Å²) in [6.45, 7) is 6.23. The van der Waals surface area contributed by atoms with Crippen molar-refractivity contribution in [2.45, 2.75) is 33.1 Å². The predicted octanol–water partition coefficient (Wildman–Crippen LogP) is 1.44. The first kappa shape index (κ1) is 10.1. The van der Waals surface area contributed by atoms with Gasteiger partial charge in [-0.15, -0.1) is 0 Å². The number of rotatable bonds is 3. The first-order valence-corrected chi connectivity index (χ1v) is 4.58. The minimum absolute atomic E-state index is 0.147. The molecule has 0 saturated heterocycles. The van der Waals surface area contributed by atoms with Gasteiger partial charge in [0, 0.05) is 24.4 Å². The highest BCUT2D eigenvalue weighted by Gasteiger charge is 2.04. The Hall–Kier alpha value is -0.960. The molecule has 1 N–H and O–H groups in total. The topological polar surface area (TPSA) is 46.0 Å². The van der Waals surface area contributed by atoms with E-state index in [1.54, 1.807) is 0 Å². The van der Waals surface area contributed by atoms with Gasteiger partial charge >= 0.3 is 0 Å². The summed E-state index contributed by atoms with van der Waals surface area (Å²) < 4.78 is 0. The van der Waals surface area contributed by atoms with E-state index >= 15 is 0 Å². The lowest BCUT2D eigenvalue weighted by molar-refractivity contribution is 0.298. The standard InChI is InChI=1S/C10H16N2O/c1-7(2)10-6-9(4-5-13)11-8(3)12-10/h6-7,13H,4-5H2,1-3H3. The second-order valence-corrected chi connectivity index (χ2v) is 3.46. The molecule has 0 aliphatic rings. The molecular formula is C10H16N2O. The van der Waals surface area contributed by atoms with E-state index in [1.807, 2.05) is 13.0 Å². The molecule has 0 aliphatic heterocycles. The fraction of sp³-hybridized carbons (Fsp3) is 0.600. The number of hydrogen-bond donors (Lipinski definition) is 1. The molecule has 0 aromatic carbocycles. The Bertz CT molecular complexity index is 284. The van der Waals surface area contributed by atoms with Crippen molar-refractivity contribution < 1.29 is 5.11 Å². The number of hydrogen-bond acceptors (Lipinski definition) is 3. The van der Waals surface area contributed by atoms with Gasteiger partial charge in [0.2, 0.25) is 0 Å². The summed E-state index contributed by atoms with van der Waals surface area (Å²) in [4.78, 5) is 8.56. The molecule has 1 aromatic heterocycles. The van der Waals surface area contributed by atoms with Gasteiger partial charge in [0.15, 0.2) is 0 Å². The fourth-order valence-corrected chi connectivity index (χ4v) is 1.19. The maximum Gasteiger partial charge on any atom is 0.125 e. The maximum atomic E-state index is 8.78. The molecular weight excluding hydrogens is 164 g/mol. The summed E-state index contributed by atoms with van der Waals surface area (Å²) >= 11 is 0. The molecule has 0 bridgehead atoms. The maximum absolute atomic E-state index is 8.78. The van der Waals surface area contributed by atoms with Crippen LogP contribution in [0.1, 0.15) is 37.0 Å². The average molecular weight is 180 g/mol. The molecule has 0 radical (unpaired) electrons. The molecule has 0 aliphatic carbocycles. The molecule has 1 aromatic rings. The van der Waals surface area contributed by atoms with E-state index in [4.69, 9.17) is 5.11 Å². The minimum Gasteiger partial charge on any atom is -0.396 e. The normalized spacial score (nSPS) is 10.8. The predicted molar refractivity (Wildman–Crippen MR) is 51.6 cm³/mol. The highest BCUT2D eigenvalue weighted by molar-refractivity contribution is 5.14. The van der Waals surface area contributed by atoms with E-state index < -0.39 is 0 Å². The van der Waals surface area contributed by atoms with Crippen LogP contribution < -0.4 is 0 Å². The lowest BCUT2D eigenvalue weighted by Crippen LogP contribution is -2.03. The Balaban J connectivity index is 2.96. The molecule has 0 fully saturated rings. The Labute approximate surface area is 78.9 Å². The molecule has 1 heterocycles. The van der Waals surface area contributed by atoms with Gasteiger partial charge in [0.05, 0.1) is 0 Å². The van der Waals surface area contributed by atoms with Gasteiger partial charge in [-0.25, -0.2) is 9.97 Å². The average Bonchev–Trinajstić information content (AvgIpc) is 2.03. The second kappa shape index (κ2) is 4.33. The van der Waals surface area contributed by atoms with Crippen molar-refractivity contribution in [1.29, 1.82) is 0 Å². The Morgan fingerprint density at radius 2 is 2.08 bits per heavy atom. The monoisotopic (exact) mass is 180 g/mol. The van der Waals surface area contributed by atoms with Crippen molar-refractivity contribution in [2.75, 3.05) is 6.61 Å². The van der Waals surface area contributed by atoms with Crippen LogP contribution in [-0.2, 0) is 6.42 Å². The van der Waals surface area contributed by atoms with Crippen LogP contribution in [0.5, 0.6) is 0 Å². The van der Waals surface area contributed by atoms with E-state index in [0.717, 1.165) is 17.2 Å². The zero-order chi connectivity index (χ0) is 9.84. The second-order valence-electron chi connectivity index (χ2n) is 3.46. The molecule has 0 saturated carbocycles. The summed E-state index contributed by atoms with van der Waals surface area (Å²) in [6, 6.07) is 1.97. The number of aryl methyl sites for hydroxylation is 1. The van der Waals surface area contributed by atoms with Crippen molar-refractivity contribution >= 4 is 0 Å². The lowest BCUT2D eigenvalue weighted by atomic mass is 10.1. The third-order valence-electron chi connectivity index (χ3n) is 1.87. The molecule has 72 valence electrons. The van der Waals surface area contributed by atoms with Crippen molar-refractivity contribution in [3.05, 3.63) is 23.3 Å². The Morgan fingerprint density at radius 1 is 1.38 bits per heavy atom. The molecule has 3 nitrogen and oxygen atoms in total. The van der Waals surface area contributed by atoms with Gasteiger partial charge in [0.1, 0.15) is 5.82 Å². The van der Waals surface area contributed by atoms with E-state index in [9.17, 15) is 0 Å². The SMILES string of the molecule is Cc1nc(CCO)cc(C(C)C)n1. The van der Waals surface area contributed by atoms with Gasteiger partial charge < -0.3 is 5.11 Å². The molecule has 0 atom stereocenters. The van der Waals surface area contributed by atoms with Gasteiger partial charge in [-0.05, 0) is 18.9 Å². The summed E-state index contributed by atoms with van der Waals surface area (Å²) in [7, 11) is 0. The van der Waals surface area contributed by atoms with Crippen LogP contribution in [-0.4, -0.2) is 21.7 Å². The summed E-state index contributed by atoms with van der Waals surface area (Å²) in [5, 5.41) is 8.78. The van der Waals surface area contributed by atoms with Gasteiger partial charge in [-0.2, -0.15) is 0 Å². The summed E-state index contributed by atoms with van der Waals surface area (Å²) in [6.07, 6.45) is 0.614. The van der Waals surface area contributed by atoms with Crippen LogP contribution in [0.15, 0.2) is 6.07 Å². The van der Waals surface area contributed by atoms with Crippen LogP contribution in [0.4, 0.5) is 0 Å². The van der Waals surface area contributed by atoms with Crippen LogP contribution in [0, 0.1) is 6.92 Å². The number of aliphatic hydroxyl groups excluding tert-OH is 1. The van der Waals surface area contributed by atoms with Gasteiger partial charge in [0.25, 0.3) is 0 Å². The molecule has 0 unspecified atom stereocenters. The van der Waals surface area contributed by atoms with E-state index in [2.05, 4.69) is 23.8 Å². The molecule has 1 rings (SSSR count). The van der Waals surface area contributed by atoms with E-state index in [0.29, 0.717) is 12.3 Å². The Morgan fingerprint density at radius 3 is 2.62 bits per heavy atom. The van der Waals surface area contributed by atoms with Crippen molar-refractivity contribution in [3.63, 3.8) is 0 Å². The highest BCUT2D eigenvalue weighted by atomic mass is 16.3. The Kier molecular flexibility index (Phi) is 3.37. The van der Waals surface area contributed by atoms with Crippen molar-refractivity contribution in [3.8, 4) is 0 Å². The quantitative estimate of drug-likeness (QED) is 0.765. The zero-order valence-electron chi connectivity index (χ0n) is 8.41. The molecule has 13 heavy (non-hydrogen) atoms. The van der Waals surface area contributed by atoms with Crippen LogP contribution in [0.3, 0.4) is 0 Å². The largest absolute Gasteiger partial charge is 0.396 e. The summed E-state index contributed by atoms with van der Waals surface area (Å²) in [5.41, 5.74) is 1.98. The lowest BCUT2D eigenvalue weighted by Gasteiger charge is -2.07. The van der Waals surface area contributed by atoms with Crippen LogP contribution in [0.25, 0.3) is 0 Å². The first-order chi connectivity index (χ1) is 6.13. The molecule has 0 spiro atoms. The number of aliphatic hydroxyl groups is 1. The fourth-order valence-electron chi connectivity index (χ4n) is 1.19. The summed E-state index contributed by atoms with van der Waals surface area (Å²) in [5.74, 6) is 1.20. The van der Waals surface area contributed by atoms with Crippen molar-refractivity contribution in [2.24, 2.45) is 0 Å². The third kappa shape index (κ3) is 2.77. The van der Waals surface area contributed by atoms with E-state index in [1.165, 1.54) is 0 Å². The van der Waals surface area contributed by atoms with E-state index in [-0.39, 0.29) is 6.61 Å². The van der Waals surface area contributed by atoms with Gasteiger partial charge in [-0.3, -0.25) is 0 Å². The van der Waals surface area contributed by atoms with Gasteiger partial charge in [-0.1, -0.05) is 13.8 Å². The number of nitrogens with zero attached hydrogens (tertiary/aromatic N) is 2. The third-order valence-corrected chi connectivity index (χ3v) is 1.87. The number of aromatic nitrogens is 2. The van der Waals surface area contributed by atoms with Crippen LogP contribution in [0.2, 0.25) is 0 Å². The zero-order valence-corrected chi connectivity index (χ0v) is 8.41. The highest BCUT2D eigenvalue weighted by Crippen LogP contribution is 2.12. The van der Waals surface area contributed by atoms with Crippen molar-refractivity contribution in [1.82, 2.24) is 9.97 Å². The molecule has 3 heteroatoms. The molecule has 0 amide bonds. The smallest absolute Gasteiger partial charge is 0.125 e. The van der Waals surface area contributed by atoms with Crippen LogP contribution >= 0.6 is 0 Å². The first-order valence-electron chi connectivity index (χ1n) is 4.58. The minimum atomic E-state index is 0.147.